The van der Waals surface area contributed by atoms with Crippen molar-refractivity contribution in [3.05, 3.63) is 77.5 Å². The van der Waals surface area contributed by atoms with Gasteiger partial charge in [0.05, 0.1) is 12.6 Å². The van der Waals surface area contributed by atoms with Gasteiger partial charge < -0.3 is 10.1 Å². The average molecular weight is 390 g/mol. The molecule has 0 aliphatic rings. The minimum Gasteiger partial charge on any atom is -0.467 e. The number of amides is 1. The maximum atomic E-state index is 12.7. The Morgan fingerprint density at radius 3 is 2.34 bits per heavy atom. The topological polar surface area (TPSA) is 68.3 Å². The molecule has 1 aromatic heterocycles. The Morgan fingerprint density at radius 1 is 1.00 bits per heavy atom. The number of ether oxygens (including phenoxy) is 1. The van der Waals surface area contributed by atoms with Crippen molar-refractivity contribution in [1.82, 2.24) is 10.3 Å². The molecule has 5 heteroatoms. The summed E-state index contributed by atoms with van der Waals surface area (Å²) in [6.45, 7) is 6.45. The molecule has 0 fully saturated rings. The fraction of sp³-hybridized carbons (Fsp3) is 0.292. The number of hydrogen-bond acceptors (Lipinski definition) is 4. The standard InChI is InChI=1S/C24H26N2O3/c1-24(2,3)18-12-9-16(10-13-18)15-21(23(28)29-4)26-22(27)20-14-11-17-7-5-6-8-19(17)25-20/h5-14,21H,15H2,1-4H3,(H,26,27)/t21-/m1/s1. The van der Waals surface area contributed by atoms with Crippen molar-refractivity contribution in [1.29, 1.82) is 0 Å². The minimum atomic E-state index is -0.791. The van der Waals surface area contributed by atoms with Gasteiger partial charge in [-0.3, -0.25) is 4.79 Å². The minimum absolute atomic E-state index is 0.0518. The summed E-state index contributed by atoms with van der Waals surface area (Å²) in [4.78, 5) is 29.4. The fourth-order valence-electron chi connectivity index (χ4n) is 3.14. The Kier molecular flexibility index (Phi) is 5.97. The zero-order chi connectivity index (χ0) is 21.0. The Bertz CT molecular complexity index is 1020. The highest BCUT2D eigenvalue weighted by Crippen LogP contribution is 2.22. The van der Waals surface area contributed by atoms with Crippen molar-refractivity contribution in [2.45, 2.75) is 38.6 Å². The van der Waals surface area contributed by atoms with Crippen LogP contribution in [0.4, 0.5) is 0 Å². The van der Waals surface area contributed by atoms with Gasteiger partial charge in [-0.15, -0.1) is 0 Å². The van der Waals surface area contributed by atoms with Crippen molar-refractivity contribution in [3.63, 3.8) is 0 Å². The number of carbonyl (C=O) groups excluding carboxylic acids is 2. The van der Waals surface area contributed by atoms with Crippen LogP contribution in [0.2, 0.25) is 0 Å². The highest BCUT2D eigenvalue weighted by atomic mass is 16.5. The van der Waals surface area contributed by atoms with Gasteiger partial charge in [0.1, 0.15) is 11.7 Å². The molecule has 1 atom stereocenters. The van der Waals surface area contributed by atoms with Crippen molar-refractivity contribution in [2.75, 3.05) is 7.11 Å². The quantitative estimate of drug-likeness (QED) is 0.668. The molecule has 1 amide bonds. The number of fused-ring (bicyclic) bond motifs is 1. The monoisotopic (exact) mass is 390 g/mol. The summed E-state index contributed by atoms with van der Waals surface area (Å²) in [5.41, 5.74) is 3.20. The van der Waals surface area contributed by atoms with Gasteiger partial charge in [-0.2, -0.15) is 0 Å². The molecular weight excluding hydrogens is 364 g/mol. The second kappa shape index (κ2) is 8.43. The van der Waals surface area contributed by atoms with Gasteiger partial charge in [0, 0.05) is 11.8 Å². The van der Waals surface area contributed by atoms with E-state index in [1.807, 2.05) is 42.5 Å². The third kappa shape index (κ3) is 4.99. The number of hydrogen-bond donors (Lipinski definition) is 1. The van der Waals surface area contributed by atoms with Gasteiger partial charge in [-0.05, 0) is 28.7 Å². The number of nitrogens with zero attached hydrogens (tertiary/aromatic N) is 1. The molecule has 3 rings (SSSR count). The van der Waals surface area contributed by atoms with Crippen LogP contribution in [0.5, 0.6) is 0 Å². The molecule has 150 valence electrons. The van der Waals surface area contributed by atoms with Crippen LogP contribution in [0.25, 0.3) is 10.9 Å². The first kappa shape index (κ1) is 20.5. The van der Waals surface area contributed by atoms with Crippen LogP contribution in [0.3, 0.4) is 0 Å². The van der Waals surface area contributed by atoms with Crippen LogP contribution in [0, 0.1) is 0 Å². The smallest absolute Gasteiger partial charge is 0.328 e. The van der Waals surface area contributed by atoms with Crippen molar-refractivity contribution < 1.29 is 14.3 Å². The summed E-state index contributed by atoms with van der Waals surface area (Å²) in [6.07, 6.45) is 0.344. The third-order valence-corrected chi connectivity index (χ3v) is 4.88. The number of methoxy groups -OCH3 is 1. The van der Waals surface area contributed by atoms with E-state index >= 15 is 0 Å². The predicted octanol–water partition coefficient (Wildman–Crippen LogP) is 4.05. The zero-order valence-electron chi connectivity index (χ0n) is 17.2. The number of esters is 1. The van der Waals surface area contributed by atoms with Gasteiger partial charge in [0.15, 0.2) is 0 Å². The van der Waals surface area contributed by atoms with E-state index in [1.54, 1.807) is 6.07 Å². The maximum Gasteiger partial charge on any atom is 0.328 e. The number of rotatable bonds is 5. The van der Waals surface area contributed by atoms with Crippen molar-refractivity contribution in [2.24, 2.45) is 0 Å². The molecule has 0 bridgehead atoms. The number of pyridine rings is 1. The lowest BCUT2D eigenvalue weighted by atomic mass is 9.86. The summed E-state index contributed by atoms with van der Waals surface area (Å²) in [6, 6.07) is 18.3. The molecule has 3 aromatic rings. The van der Waals surface area contributed by atoms with E-state index < -0.39 is 17.9 Å². The van der Waals surface area contributed by atoms with E-state index in [0.29, 0.717) is 6.42 Å². The summed E-state index contributed by atoms with van der Waals surface area (Å²) < 4.78 is 4.90. The number of benzene rings is 2. The SMILES string of the molecule is COC(=O)[C@@H](Cc1ccc(C(C)(C)C)cc1)NC(=O)c1ccc2ccccc2n1. The van der Waals surface area contributed by atoms with Crippen LogP contribution in [0.1, 0.15) is 42.4 Å². The molecule has 1 heterocycles. The molecule has 0 unspecified atom stereocenters. The summed E-state index contributed by atoms with van der Waals surface area (Å²) in [5, 5.41) is 3.72. The van der Waals surface area contributed by atoms with E-state index in [0.717, 1.165) is 16.5 Å². The highest BCUT2D eigenvalue weighted by molar-refractivity contribution is 5.97. The molecule has 0 radical (unpaired) electrons. The Morgan fingerprint density at radius 2 is 1.69 bits per heavy atom. The van der Waals surface area contributed by atoms with E-state index in [2.05, 4.69) is 43.2 Å². The maximum absolute atomic E-state index is 12.7. The molecule has 0 saturated heterocycles. The number of aromatic nitrogens is 1. The summed E-state index contributed by atoms with van der Waals surface area (Å²) in [7, 11) is 1.32. The van der Waals surface area contributed by atoms with Gasteiger partial charge in [-0.1, -0.05) is 69.3 Å². The second-order valence-corrected chi connectivity index (χ2v) is 8.09. The first-order chi connectivity index (χ1) is 13.8. The van der Waals surface area contributed by atoms with Gasteiger partial charge in [0.2, 0.25) is 0 Å². The molecule has 5 nitrogen and oxygen atoms in total. The molecule has 1 N–H and O–H groups in total. The molecule has 2 aromatic carbocycles. The lowest BCUT2D eigenvalue weighted by Crippen LogP contribution is -2.43. The zero-order valence-corrected chi connectivity index (χ0v) is 17.2. The number of carbonyl (C=O) groups is 2. The van der Waals surface area contributed by atoms with Gasteiger partial charge in [0.25, 0.3) is 5.91 Å². The second-order valence-electron chi connectivity index (χ2n) is 8.09. The largest absolute Gasteiger partial charge is 0.467 e. The summed E-state index contributed by atoms with van der Waals surface area (Å²) in [5.74, 6) is -0.892. The lowest BCUT2D eigenvalue weighted by molar-refractivity contribution is -0.142. The first-order valence-corrected chi connectivity index (χ1v) is 9.62. The van der Waals surface area contributed by atoms with Crippen LogP contribution >= 0.6 is 0 Å². The molecule has 0 spiro atoms. The van der Waals surface area contributed by atoms with E-state index in [-0.39, 0.29) is 11.1 Å². The lowest BCUT2D eigenvalue weighted by Gasteiger charge is -2.20. The average Bonchev–Trinajstić information content (AvgIpc) is 2.72. The molecule has 0 aliphatic carbocycles. The van der Waals surface area contributed by atoms with Crippen molar-refractivity contribution in [3.8, 4) is 0 Å². The van der Waals surface area contributed by atoms with Gasteiger partial charge in [-0.25, -0.2) is 9.78 Å². The van der Waals surface area contributed by atoms with E-state index in [4.69, 9.17) is 4.74 Å². The van der Waals surface area contributed by atoms with Crippen LogP contribution in [-0.2, 0) is 21.4 Å². The fourth-order valence-corrected chi connectivity index (χ4v) is 3.14. The Hall–Kier alpha value is -3.21. The van der Waals surface area contributed by atoms with Crippen LogP contribution in [0.15, 0.2) is 60.7 Å². The molecular formula is C24H26N2O3. The number of nitrogens with one attached hydrogen (secondary N) is 1. The van der Waals surface area contributed by atoms with Gasteiger partial charge >= 0.3 is 5.97 Å². The normalized spacial score (nSPS) is 12.4. The molecule has 29 heavy (non-hydrogen) atoms. The Balaban J connectivity index is 1.77. The predicted molar refractivity (Wildman–Crippen MR) is 114 cm³/mol. The summed E-state index contributed by atoms with van der Waals surface area (Å²) >= 11 is 0. The molecule has 0 saturated carbocycles. The van der Waals surface area contributed by atoms with Crippen LogP contribution < -0.4 is 5.32 Å². The number of para-hydroxylation sites is 1. The van der Waals surface area contributed by atoms with E-state index in [1.165, 1.54) is 12.7 Å². The first-order valence-electron chi connectivity index (χ1n) is 9.62. The third-order valence-electron chi connectivity index (χ3n) is 4.88. The van der Waals surface area contributed by atoms with E-state index in [9.17, 15) is 9.59 Å². The molecule has 0 aliphatic heterocycles. The Labute approximate surface area is 171 Å². The highest BCUT2D eigenvalue weighted by Gasteiger charge is 2.23. The van der Waals surface area contributed by atoms with Crippen LogP contribution in [-0.4, -0.2) is 30.0 Å². The van der Waals surface area contributed by atoms with Crippen molar-refractivity contribution >= 4 is 22.8 Å².